The molecule has 7 heteroatoms. The largest absolute Gasteiger partial charge is 0.324 e. The third kappa shape index (κ3) is 4.55. The smallest absolute Gasteiger partial charge is 0.241 e. The molecule has 1 aliphatic rings. The summed E-state index contributed by atoms with van der Waals surface area (Å²) >= 11 is 0. The van der Waals surface area contributed by atoms with Gasteiger partial charge < -0.3 is 11.1 Å². The lowest BCUT2D eigenvalue weighted by Gasteiger charge is -2.26. The molecular weight excluding hydrogens is 330 g/mol. The first kappa shape index (κ1) is 20.1. The summed E-state index contributed by atoms with van der Waals surface area (Å²) in [5, 5.41) is 2.81. The number of hydrogen-bond acceptors (Lipinski definition) is 4. The quantitative estimate of drug-likeness (QED) is 0.810. The number of nitrogens with zero attached hydrogens (tertiary/aromatic N) is 1. The van der Waals surface area contributed by atoms with E-state index in [1.54, 1.807) is 24.3 Å². The number of amides is 3. The summed E-state index contributed by atoms with van der Waals surface area (Å²) in [6.45, 7) is 5.85. The minimum Gasteiger partial charge on any atom is -0.324 e. The molecule has 6 nitrogen and oxygen atoms in total. The van der Waals surface area contributed by atoms with Gasteiger partial charge in [-0.3, -0.25) is 19.3 Å². The molecule has 1 atom stereocenters. The van der Waals surface area contributed by atoms with Crippen LogP contribution in [-0.4, -0.2) is 28.7 Å². The maximum absolute atomic E-state index is 12.3. The van der Waals surface area contributed by atoms with E-state index in [4.69, 9.17) is 5.73 Å². The first-order valence-electron chi connectivity index (χ1n) is 7.67. The van der Waals surface area contributed by atoms with E-state index in [0.29, 0.717) is 11.3 Å². The summed E-state index contributed by atoms with van der Waals surface area (Å²) in [5.41, 5.74) is 6.90. The Morgan fingerprint density at radius 3 is 2.29 bits per heavy atom. The fourth-order valence-electron chi connectivity index (χ4n) is 2.35. The van der Waals surface area contributed by atoms with Crippen molar-refractivity contribution in [1.82, 2.24) is 4.90 Å². The molecule has 1 aromatic rings. The number of carbonyl (C=O) groups is 3. The highest BCUT2D eigenvalue weighted by Gasteiger charge is 2.30. The molecule has 1 aliphatic heterocycles. The van der Waals surface area contributed by atoms with E-state index in [1.165, 1.54) is 4.90 Å². The van der Waals surface area contributed by atoms with Gasteiger partial charge in [0.2, 0.25) is 17.7 Å². The van der Waals surface area contributed by atoms with Crippen LogP contribution >= 0.6 is 12.4 Å². The van der Waals surface area contributed by atoms with Crippen LogP contribution in [0.1, 0.15) is 39.2 Å². The van der Waals surface area contributed by atoms with E-state index in [9.17, 15) is 14.4 Å². The molecule has 1 aromatic carbocycles. The van der Waals surface area contributed by atoms with Gasteiger partial charge in [0.15, 0.2) is 0 Å². The summed E-state index contributed by atoms with van der Waals surface area (Å²) in [6, 6.07) is 6.46. The van der Waals surface area contributed by atoms with Gasteiger partial charge in [-0.15, -0.1) is 12.4 Å². The van der Waals surface area contributed by atoms with Gasteiger partial charge in [-0.25, -0.2) is 0 Å². The van der Waals surface area contributed by atoms with Gasteiger partial charge in [0.25, 0.3) is 0 Å². The van der Waals surface area contributed by atoms with Gasteiger partial charge in [-0.05, 0) is 17.0 Å². The number of para-hydroxylation sites is 1. The Morgan fingerprint density at radius 1 is 1.21 bits per heavy atom. The van der Waals surface area contributed by atoms with Crippen molar-refractivity contribution in [2.75, 3.05) is 5.32 Å². The summed E-state index contributed by atoms with van der Waals surface area (Å²) in [5.74, 6) is -0.644. The van der Waals surface area contributed by atoms with Gasteiger partial charge in [-0.1, -0.05) is 39.0 Å². The molecule has 0 saturated carbocycles. The molecule has 24 heavy (non-hydrogen) atoms. The number of imide groups is 1. The molecule has 132 valence electrons. The Hall–Kier alpha value is -1.92. The lowest BCUT2D eigenvalue weighted by atomic mass is 9.87. The first-order valence-corrected chi connectivity index (χ1v) is 7.67. The molecule has 1 heterocycles. The van der Waals surface area contributed by atoms with Gasteiger partial charge in [0, 0.05) is 18.5 Å². The highest BCUT2D eigenvalue weighted by atomic mass is 35.5. The molecule has 1 saturated heterocycles. The van der Waals surface area contributed by atoms with E-state index in [-0.39, 0.29) is 54.9 Å². The van der Waals surface area contributed by atoms with Crippen molar-refractivity contribution in [2.24, 2.45) is 11.1 Å². The van der Waals surface area contributed by atoms with E-state index in [2.05, 4.69) is 5.32 Å². The van der Waals surface area contributed by atoms with Crippen molar-refractivity contribution >= 4 is 35.8 Å². The number of anilines is 1. The normalized spacial score (nSPS) is 15.9. The van der Waals surface area contributed by atoms with Crippen LogP contribution in [0.25, 0.3) is 0 Å². The van der Waals surface area contributed by atoms with Crippen molar-refractivity contribution in [3.05, 3.63) is 29.8 Å². The zero-order valence-corrected chi connectivity index (χ0v) is 15.0. The van der Waals surface area contributed by atoms with Crippen molar-refractivity contribution in [3.8, 4) is 0 Å². The highest BCUT2D eigenvalue weighted by Crippen LogP contribution is 2.23. The molecule has 0 aromatic heterocycles. The van der Waals surface area contributed by atoms with Gasteiger partial charge in [-0.2, -0.15) is 0 Å². The minimum absolute atomic E-state index is 0. The van der Waals surface area contributed by atoms with Gasteiger partial charge in [0.1, 0.15) is 0 Å². The number of likely N-dealkylation sites (tertiary alicyclic amines) is 1. The van der Waals surface area contributed by atoms with Crippen LogP contribution in [0.15, 0.2) is 24.3 Å². The van der Waals surface area contributed by atoms with Crippen LogP contribution in [0.5, 0.6) is 0 Å². The summed E-state index contributed by atoms with van der Waals surface area (Å²) in [6.07, 6.45) is 0.504. The fraction of sp³-hybridized carbons (Fsp3) is 0.471. The topological polar surface area (TPSA) is 92.5 Å². The van der Waals surface area contributed by atoms with E-state index >= 15 is 0 Å². The SMILES string of the molecule is CC(C)(C)[C@H](N)C(=O)Nc1ccccc1CN1C(=O)CCC1=O.Cl. The molecule has 0 spiro atoms. The van der Waals surface area contributed by atoms with Crippen LogP contribution < -0.4 is 11.1 Å². The number of nitrogens with two attached hydrogens (primary N) is 1. The molecule has 1 fully saturated rings. The zero-order chi connectivity index (χ0) is 17.2. The Morgan fingerprint density at radius 2 is 1.75 bits per heavy atom. The summed E-state index contributed by atoms with van der Waals surface area (Å²) in [7, 11) is 0. The third-order valence-corrected chi connectivity index (χ3v) is 3.97. The number of carbonyl (C=O) groups excluding carboxylic acids is 3. The predicted octanol–water partition coefficient (Wildman–Crippen LogP) is 2.07. The second kappa shape index (κ2) is 7.77. The molecular formula is C17H24ClN3O3. The standard InChI is InChI=1S/C17H23N3O3.ClH/c1-17(2,3)15(18)16(23)19-12-7-5-4-6-11(12)10-20-13(21)8-9-14(20)22;/h4-7,15H,8-10,18H2,1-3H3,(H,19,23);1H/t15-;/m1./s1. The van der Waals surface area contributed by atoms with E-state index in [1.807, 2.05) is 20.8 Å². The van der Waals surface area contributed by atoms with Crippen LogP contribution in [0.3, 0.4) is 0 Å². The minimum atomic E-state index is -0.661. The number of hydrogen-bond donors (Lipinski definition) is 2. The van der Waals surface area contributed by atoms with Crippen molar-refractivity contribution in [3.63, 3.8) is 0 Å². The molecule has 0 radical (unpaired) electrons. The highest BCUT2D eigenvalue weighted by molar-refractivity contribution is 6.02. The molecule has 0 aliphatic carbocycles. The van der Waals surface area contributed by atoms with Crippen molar-refractivity contribution in [2.45, 2.75) is 46.2 Å². The lowest BCUT2D eigenvalue weighted by molar-refractivity contribution is -0.139. The van der Waals surface area contributed by atoms with E-state index < -0.39 is 6.04 Å². The monoisotopic (exact) mass is 353 g/mol. The number of benzene rings is 1. The Balaban J connectivity index is 0.00000288. The van der Waals surface area contributed by atoms with Crippen LogP contribution in [0.2, 0.25) is 0 Å². The number of rotatable bonds is 4. The fourth-order valence-corrected chi connectivity index (χ4v) is 2.35. The van der Waals surface area contributed by atoms with Gasteiger partial charge >= 0.3 is 0 Å². The maximum atomic E-state index is 12.3. The van der Waals surface area contributed by atoms with Gasteiger partial charge in [0.05, 0.1) is 12.6 Å². The maximum Gasteiger partial charge on any atom is 0.241 e. The summed E-state index contributed by atoms with van der Waals surface area (Å²) < 4.78 is 0. The predicted molar refractivity (Wildman–Crippen MR) is 94.5 cm³/mol. The molecule has 0 unspecified atom stereocenters. The molecule has 2 rings (SSSR count). The van der Waals surface area contributed by atoms with Crippen molar-refractivity contribution < 1.29 is 14.4 Å². The average molecular weight is 354 g/mol. The Labute approximate surface area is 148 Å². The number of halogens is 1. The second-order valence-corrected chi connectivity index (χ2v) is 6.86. The molecule has 0 bridgehead atoms. The van der Waals surface area contributed by atoms with Crippen LogP contribution in [0.4, 0.5) is 5.69 Å². The van der Waals surface area contributed by atoms with Crippen LogP contribution in [0, 0.1) is 5.41 Å². The molecule has 3 N–H and O–H groups in total. The first-order chi connectivity index (χ1) is 10.7. The lowest BCUT2D eigenvalue weighted by Crippen LogP contribution is -2.45. The Bertz CT molecular complexity index is 624. The Kier molecular flexibility index (Phi) is 6.51. The van der Waals surface area contributed by atoms with E-state index in [0.717, 1.165) is 0 Å². The van der Waals surface area contributed by atoms with Crippen molar-refractivity contribution in [1.29, 1.82) is 0 Å². The molecule has 3 amide bonds. The number of nitrogens with one attached hydrogen (secondary N) is 1. The van der Waals surface area contributed by atoms with Crippen LogP contribution in [-0.2, 0) is 20.9 Å². The average Bonchev–Trinajstić information content (AvgIpc) is 2.79. The third-order valence-electron chi connectivity index (χ3n) is 3.97. The zero-order valence-electron chi connectivity index (χ0n) is 14.2. The summed E-state index contributed by atoms with van der Waals surface area (Å²) in [4.78, 5) is 37.0. The second-order valence-electron chi connectivity index (χ2n) is 6.86.